The van der Waals surface area contributed by atoms with Crippen LogP contribution in [-0.2, 0) is 13.5 Å². The van der Waals surface area contributed by atoms with Crippen LogP contribution >= 0.6 is 15.9 Å². The Morgan fingerprint density at radius 3 is 2.85 bits per heavy atom. The van der Waals surface area contributed by atoms with Gasteiger partial charge in [0.05, 0.1) is 17.4 Å². The normalized spacial score (nSPS) is 12.4. The van der Waals surface area contributed by atoms with Crippen LogP contribution in [0.5, 0.6) is 0 Å². The molecule has 0 spiro atoms. The summed E-state index contributed by atoms with van der Waals surface area (Å²) in [4.78, 5) is 0. The molecule has 0 fully saturated rings. The monoisotopic (exact) mass is 336 g/mol. The van der Waals surface area contributed by atoms with E-state index in [0.29, 0.717) is 0 Å². The first-order valence-corrected chi connectivity index (χ1v) is 7.65. The molecule has 108 valence electrons. The van der Waals surface area contributed by atoms with Crippen molar-refractivity contribution in [3.8, 4) is 0 Å². The van der Waals surface area contributed by atoms with Crippen molar-refractivity contribution in [1.82, 2.24) is 9.78 Å². The number of nitrogens with zero attached hydrogens (tertiary/aromatic N) is 2. The summed E-state index contributed by atoms with van der Waals surface area (Å²) in [6, 6.07) is 8.43. The maximum Gasteiger partial charge on any atom is 0.148 e. The van der Waals surface area contributed by atoms with Crippen LogP contribution in [0.1, 0.15) is 37.6 Å². The SMILES string of the molecule is CCCc1nn(C)c(NC(C)c2cccc(Br)c2)c1N. The summed E-state index contributed by atoms with van der Waals surface area (Å²) in [6.45, 7) is 4.25. The zero-order valence-electron chi connectivity index (χ0n) is 12.2. The minimum Gasteiger partial charge on any atom is -0.394 e. The topological polar surface area (TPSA) is 55.9 Å². The quantitative estimate of drug-likeness (QED) is 0.870. The molecule has 2 rings (SSSR count). The average Bonchev–Trinajstić information content (AvgIpc) is 2.67. The van der Waals surface area contributed by atoms with Crippen molar-refractivity contribution >= 4 is 27.4 Å². The lowest BCUT2D eigenvalue weighted by Gasteiger charge is -2.16. The predicted octanol–water partition coefficient (Wildman–Crippen LogP) is 3.89. The van der Waals surface area contributed by atoms with E-state index in [1.165, 1.54) is 5.56 Å². The number of nitrogens with two attached hydrogens (primary N) is 1. The molecule has 5 heteroatoms. The standard InChI is InChI=1S/C15H21BrN4/c1-4-6-13-14(17)15(20(3)19-13)18-10(2)11-7-5-8-12(16)9-11/h5,7-10,18H,4,6,17H2,1-3H3. The summed E-state index contributed by atoms with van der Waals surface area (Å²) in [5.74, 6) is 0.890. The highest BCUT2D eigenvalue weighted by Crippen LogP contribution is 2.28. The van der Waals surface area contributed by atoms with Crippen LogP contribution in [0.4, 0.5) is 11.5 Å². The lowest BCUT2D eigenvalue weighted by atomic mass is 10.1. The second-order valence-corrected chi connectivity index (χ2v) is 5.92. The van der Waals surface area contributed by atoms with Crippen molar-refractivity contribution in [2.24, 2.45) is 7.05 Å². The molecule has 3 N–H and O–H groups in total. The molecule has 0 radical (unpaired) electrons. The van der Waals surface area contributed by atoms with E-state index in [-0.39, 0.29) is 6.04 Å². The summed E-state index contributed by atoms with van der Waals surface area (Å²) in [5, 5.41) is 7.94. The van der Waals surface area contributed by atoms with Gasteiger partial charge in [0.15, 0.2) is 0 Å². The summed E-state index contributed by atoms with van der Waals surface area (Å²) in [5.41, 5.74) is 9.13. The molecule has 0 saturated carbocycles. The molecule has 4 nitrogen and oxygen atoms in total. The number of aromatic nitrogens is 2. The summed E-state index contributed by atoms with van der Waals surface area (Å²) in [6.07, 6.45) is 1.95. The molecule has 0 bridgehead atoms. The van der Waals surface area contributed by atoms with Gasteiger partial charge in [0.1, 0.15) is 5.82 Å². The van der Waals surface area contributed by atoms with Crippen LogP contribution < -0.4 is 11.1 Å². The molecule has 0 amide bonds. The number of hydrogen-bond acceptors (Lipinski definition) is 3. The second-order valence-electron chi connectivity index (χ2n) is 5.00. The van der Waals surface area contributed by atoms with Gasteiger partial charge in [-0.05, 0) is 31.0 Å². The van der Waals surface area contributed by atoms with E-state index in [2.05, 4.69) is 52.3 Å². The van der Waals surface area contributed by atoms with E-state index >= 15 is 0 Å². The van der Waals surface area contributed by atoms with E-state index in [0.717, 1.165) is 34.5 Å². The zero-order valence-corrected chi connectivity index (χ0v) is 13.7. The van der Waals surface area contributed by atoms with E-state index in [9.17, 15) is 0 Å². The molecule has 0 aliphatic carbocycles. The average molecular weight is 337 g/mol. The Morgan fingerprint density at radius 1 is 1.45 bits per heavy atom. The lowest BCUT2D eigenvalue weighted by molar-refractivity contribution is 0.725. The van der Waals surface area contributed by atoms with Crippen molar-refractivity contribution in [1.29, 1.82) is 0 Å². The molecule has 20 heavy (non-hydrogen) atoms. The fourth-order valence-electron chi connectivity index (χ4n) is 2.25. The number of nitrogen functional groups attached to an aromatic ring is 1. The van der Waals surface area contributed by atoms with Gasteiger partial charge in [0.25, 0.3) is 0 Å². The largest absolute Gasteiger partial charge is 0.394 e. The highest BCUT2D eigenvalue weighted by Gasteiger charge is 2.15. The number of halogens is 1. The zero-order chi connectivity index (χ0) is 14.7. The van der Waals surface area contributed by atoms with Crippen molar-refractivity contribution in [3.63, 3.8) is 0 Å². The summed E-state index contributed by atoms with van der Waals surface area (Å²) < 4.78 is 2.91. The Labute approximate surface area is 128 Å². The van der Waals surface area contributed by atoms with Crippen molar-refractivity contribution in [2.45, 2.75) is 32.7 Å². The first-order valence-electron chi connectivity index (χ1n) is 6.86. The Kier molecular flexibility index (Phi) is 4.70. The van der Waals surface area contributed by atoms with Crippen LogP contribution in [0.2, 0.25) is 0 Å². The van der Waals surface area contributed by atoms with Gasteiger partial charge in [-0.2, -0.15) is 5.10 Å². The van der Waals surface area contributed by atoms with Gasteiger partial charge in [0, 0.05) is 11.5 Å². The number of anilines is 2. The maximum atomic E-state index is 6.19. The Bertz CT molecular complexity index is 592. The van der Waals surface area contributed by atoms with Crippen LogP contribution in [0.15, 0.2) is 28.7 Å². The Hall–Kier alpha value is -1.49. The van der Waals surface area contributed by atoms with Gasteiger partial charge in [-0.3, -0.25) is 4.68 Å². The summed E-state index contributed by atoms with van der Waals surface area (Å²) >= 11 is 3.50. The highest BCUT2D eigenvalue weighted by molar-refractivity contribution is 9.10. The van der Waals surface area contributed by atoms with Crippen LogP contribution in [0.3, 0.4) is 0 Å². The molecule has 1 heterocycles. The van der Waals surface area contributed by atoms with Gasteiger partial charge >= 0.3 is 0 Å². The first-order chi connectivity index (χ1) is 9.52. The van der Waals surface area contributed by atoms with E-state index in [1.54, 1.807) is 0 Å². The van der Waals surface area contributed by atoms with Crippen LogP contribution in [-0.4, -0.2) is 9.78 Å². The second kappa shape index (κ2) is 6.31. The first kappa shape index (κ1) is 14.9. The molecule has 0 aliphatic rings. The smallest absolute Gasteiger partial charge is 0.148 e. The van der Waals surface area contributed by atoms with Crippen LogP contribution in [0.25, 0.3) is 0 Å². The third-order valence-electron chi connectivity index (χ3n) is 3.35. The molecule has 1 aromatic heterocycles. The third-order valence-corrected chi connectivity index (χ3v) is 3.84. The van der Waals surface area contributed by atoms with Gasteiger partial charge in [0.2, 0.25) is 0 Å². The lowest BCUT2D eigenvalue weighted by Crippen LogP contribution is -2.11. The molecule has 2 aromatic rings. The highest BCUT2D eigenvalue weighted by atomic mass is 79.9. The van der Waals surface area contributed by atoms with E-state index in [1.807, 2.05) is 23.9 Å². The molecule has 0 aliphatic heterocycles. The van der Waals surface area contributed by atoms with Gasteiger partial charge in [-0.15, -0.1) is 0 Å². The maximum absolute atomic E-state index is 6.19. The number of aryl methyl sites for hydroxylation is 2. The molecule has 1 atom stereocenters. The van der Waals surface area contributed by atoms with Crippen molar-refractivity contribution in [2.75, 3.05) is 11.1 Å². The summed E-state index contributed by atoms with van der Waals surface area (Å²) in [7, 11) is 1.92. The van der Waals surface area contributed by atoms with E-state index < -0.39 is 0 Å². The number of rotatable bonds is 5. The Balaban J connectivity index is 2.21. The van der Waals surface area contributed by atoms with E-state index in [4.69, 9.17) is 5.73 Å². The predicted molar refractivity (Wildman–Crippen MR) is 87.8 cm³/mol. The minimum absolute atomic E-state index is 0.166. The van der Waals surface area contributed by atoms with Crippen molar-refractivity contribution in [3.05, 3.63) is 40.0 Å². The van der Waals surface area contributed by atoms with Gasteiger partial charge in [-0.25, -0.2) is 0 Å². The van der Waals surface area contributed by atoms with Crippen LogP contribution in [0, 0.1) is 0 Å². The number of hydrogen-bond donors (Lipinski definition) is 2. The van der Waals surface area contributed by atoms with Crippen molar-refractivity contribution < 1.29 is 0 Å². The Morgan fingerprint density at radius 2 is 2.20 bits per heavy atom. The molecule has 1 unspecified atom stereocenters. The third kappa shape index (κ3) is 3.15. The number of benzene rings is 1. The molecular weight excluding hydrogens is 316 g/mol. The fourth-order valence-corrected chi connectivity index (χ4v) is 2.67. The molecule has 1 aromatic carbocycles. The molecular formula is C15H21BrN4. The fraction of sp³-hybridized carbons (Fsp3) is 0.400. The van der Waals surface area contributed by atoms with Gasteiger partial charge < -0.3 is 11.1 Å². The number of nitrogens with one attached hydrogen (secondary N) is 1. The molecule has 0 saturated heterocycles. The minimum atomic E-state index is 0.166. The van der Waals surface area contributed by atoms with Gasteiger partial charge in [-0.1, -0.05) is 41.4 Å².